The highest BCUT2D eigenvalue weighted by molar-refractivity contribution is 5.74. The molecule has 0 bridgehead atoms. The number of hydrogen-bond donors (Lipinski definition) is 3. The van der Waals surface area contributed by atoms with Crippen LogP contribution >= 0.6 is 0 Å². The fourth-order valence-electron chi connectivity index (χ4n) is 2.81. The maximum Gasteiger partial charge on any atom is 0.315 e. The minimum absolute atomic E-state index is 0.0836. The van der Waals surface area contributed by atoms with Crippen LogP contribution in [0.25, 0.3) is 0 Å². The van der Waals surface area contributed by atoms with Crippen molar-refractivity contribution in [2.24, 2.45) is 0 Å². The van der Waals surface area contributed by atoms with Gasteiger partial charge in [-0.3, -0.25) is 0 Å². The van der Waals surface area contributed by atoms with Crippen LogP contribution in [0.3, 0.4) is 0 Å². The average molecular weight is 346 g/mol. The van der Waals surface area contributed by atoms with Crippen LogP contribution in [0.2, 0.25) is 0 Å². The van der Waals surface area contributed by atoms with Gasteiger partial charge in [0.15, 0.2) is 0 Å². The van der Waals surface area contributed by atoms with Crippen LogP contribution in [0.5, 0.6) is 5.75 Å². The molecule has 136 valence electrons. The summed E-state index contributed by atoms with van der Waals surface area (Å²) < 4.78 is 10.7. The molecule has 6 nitrogen and oxygen atoms in total. The van der Waals surface area contributed by atoms with Crippen LogP contribution in [-0.2, 0) is 12.1 Å². The largest absolute Gasteiger partial charge is 0.496 e. The lowest BCUT2D eigenvalue weighted by Crippen LogP contribution is -2.43. The molecule has 6 heteroatoms. The van der Waals surface area contributed by atoms with Crippen molar-refractivity contribution in [1.29, 1.82) is 0 Å². The summed E-state index contributed by atoms with van der Waals surface area (Å²) in [4.78, 5) is 12.0. The first kappa shape index (κ1) is 18.9. The van der Waals surface area contributed by atoms with Crippen molar-refractivity contribution in [2.45, 2.75) is 39.8 Å². The quantitative estimate of drug-likeness (QED) is 0.751. The number of furan rings is 1. The highest BCUT2D eigenvalue weighted by Crippen LogP contribution is 2.26. The summed E-state index contributed by atoms with van der Waals surface area (Å²) in [5.41, 5.74) is 1.46. The van der Waals surface area contributed by atoms with Gasteiger partial charge in [0, 0.05) is 12.1 Å². The van der Waals surface area contributed by atoms with Crippen molar-refractivity contribution in [3.05, 3.63) is 52.5 Å². The molecule has 1 atom stereocenters. The lowest BCUT2D eigenvalue weighted by atomic mass is 9.96. The molecule has 0 saturated heterocycles. The van der Waals surface area contributed by atoms with E-state index in [1.165, 1.54) is 0 Å². The standard InChI is InChI=1S/C19H26N2O4/c1-12-8-15(6-7-17(12)24-5)10-20-18(22)21-11-19(4,23)16-9-13(2)25-14(16)3/h6-9,23H,10-11H2,1-5H3,(H2,20,21,22). The van der Waals surface area contributed by atoms with E-state index in [-0.39, 0.29) is 12.6 Å². The van der Waals surface area contributed by atoms with Crippen molar-refractivity contribution in [3.63, 3.8) is 0 Å². The maximum atomic E-state index is 12.0. The average Bonchev–Trinajstić information content (AvgIpc) is 2.90. The number of amides is 2. The van der Waals surface area contributed by atoms with Crippen LogP contribution in [0.1, 0.15) is 35.1 Å². The minimum Gasteiger partial charge on any atom is -0.496 e. The third kappa shape index (κ3) is 4.76. The number of ether oxygens (including phenoxy) is 1. The van der Waals surface area contributed by atoms with E-state index in [0.29, 0.717) is 17.9 Å². The van der Waals surface area contributed by atoms with Crippen LogP contribution in [0.4, 0.5) is 4.79 Å². The van der Waals surface area contributed by atoms with Crippen molar-refractivity contribution < 1.29 is 19.1 Å². The van der Waals surface area contributed by atoms with Gasteiger partial charge in [0.2, 0.25) is 0 Å². The third-order valence-corrected chi connectivity index (χ3v) is 4.13. The fraction of sp³-hybridized carbons (Fsp3) is 0.421. The predicted octanol–water partition coefficient (Wildman–Crippen LogP) is 2.92. The number of hydrogen-bond acceptors (Lipinski definition) is 4. The van der Waals surface area contributed by atoms with Gasteiger partial charge in [0.1, 0.15) is 22.9 Å². The Balaban J connectivity index is 1.88. The summed E-state index contributed by atoms with van der Waals surface area (Å²) in [6.45, 7) is 7.70. The van der Waals surface area contributed by atoms with Crippen LogP contribution in [-0.4, -0.2) is 24.8 Å². The van der Waals surface area contributed by atoms with Crippen molar-refractivity contribution in [2.75, 3.05) is 13.7 Å². The molecule has 0 aliphatic carbocycles. The lowest BCUT2D eigenvalue weighted by molar-refractivity contribution is 0.0579. The number of rotatable bonds is 6. The zero-order chi connectivity index (χ0) is 18.6. The second kappa shape index (κ2) is 7.61. The van der Waals surface area contributed by atoms with E-state index in [4.69, 9.17) is 9.15 Å². The molecule has 1 heterocycles. The molecule has 0 fully saturated rings. The first-order chi connectivity index (χ1) is 11.7. The number of methoxy groups -OCH3 is 1. The van der Waals surface area contributed by atoms with Gasteiger partial charge in [-0.1, -0.05) is 12.1 Å². The molecular weight excluding hydrogens is 320 g/mol. The number of urea groups is 1. The van der Waals surface area contributed by atoms with Gasteiger partial charge in [-0.05, 0) is 51.0 Å². The minimum atomic E-state index is -1.20. The van der Waals surface area contributed by atoms with Crippen LogP contribution in [0.15, 0.2) is 28.7 Å². The van der Waals surface area contributed by atoms with Gasteiger partial charge in [-0.2, -0.15) is 0 Å². The number of carbonyl (C=O) groups excluding carboxylic acids is 1. The molecule has 25 heavy (non-hydrogen) atoms. The Morgan fingerprint density at radius 2 is 1.96 bits per heavy atom. The smallest absolute Gasteiger partial charge is 0.315 e. The summed E-state index contributed by atoms with van der Waals surface area (Å²) >= 11 is 0. The number of benzene rings is 1. The number of aliphatic hydroxyl groups is 1. The number of nitrogens with one attached hydrogen (secondary N) is 2. The molecule has 1 aromatic heterocycles. The Kier molecular flexibility index (Phi) is 5.74. The second-order valence-corrected chi connectivity index (χ2v) is 6.44. The van der Waals surface area contributed by atoms with Crippen LogP contribution < -0.4 is 15.4 Å². The van der Waals surface area contributed by atoms with Crippen LogP contribution in [0, 0.1) is 20.8 Å². The number of carbonyl (C=O) groups is 1. The van der Waals surface area contributed by atoms with E-state index in [2.05, 4.69) is 10.6 Å². The van der Waals surface area contributed by atoms with E-state index in [9.17, 15) is 9.90 Å². The summed E-state index contributed by atoms with van der Waals surface area (Å²) in [6.07, 6.45) is 0. The van der Waals surface area contributed by atoms with Crippen molar-refractivity contribution in [1.82, 2.24) is 10.6 Å². The topological polar surface area (TPSA) is 83.7 Å². The summed E-state index contributed by atoms with van der Waals surface area (Å²) in [5.74, 6) is 2.19. The molecule has 0 aliphatic heterocycles. The van der Waals surface area contributed by atoms with E-state index in [0.717, 1.165) is 22.6 Å². The Morgan fingerprint density at radius 1 is 1.24 bits per heavy atom. The predicted molar refractivity (Wildman–Crippen MR) is 95.7 cm³/mol. The van der Waals surface area contributed by atoms with Gasteiger partial charge in [0.05, 0.1) is 13.7 Å². The third-order valence-electron chi connectivity index (χ3n) is 4.13. The Labute approximate surface area is 148 Å². The molecule has 1 unspecified atom stereocenters. The lowest BCUT2D eigenvalue weighted by Gasteiger charge is -2.23. The van der Waals surface area contributed by atoms with E-state index in [1.54, 1.807) is 27.0 Å². The van der Waals surface area contributed by atoms with Gasteiger partial charge < -0.3 is 24.9 Å². The monoisotopic (exact) mass is 346 g/mol. The SMILES string of the molecule is COc1ccc(CNC(=O)NCC(C)(O)c2cc(C)oc2C)cc1C. The molecule has 0 radical (unpaired) electrons. The molecule has 3 N–H and O–H groups in total. The molecule has 0 spiro atoms. The van der Waals surface area contributed by atoms with E-state index < -0.39 is 5.60 Å². The molecule has 2 amide bonds. The molecular formula is C19H26N2O4. The summed E-state index contributed by atoms with van der Waals surface area (Å²) in [6, 6.07) is 7.19. The Hall–Kier alpha value is -2.47. The Bertz CT molecular complexity index is 750. The molecule has 0 saturated carbocycles. The van der Waals surface area contributed by atoms with Gasteiger partial charge in [-0.25, -0.2) is 4.79 Å². The van der Waals surface area contributed by atoms with Gasteiger partial charge in [0.25, 0.3) is 0 Å². The number of aryl methyl sites for hydroxylation is 3. The maximum absolute atomic E-state index is 12.0. The molecule has 1 aromatic carbocycles. The van der Waals surface area contributed by atoms with Gasteiger partial charge >= 0.3 is 6.03 Å². The summed E-state index contributed by atoms with van der Waals surface area (Å²) in [7, 11) is 1.63. The fourth-order valence-corrected chi connectivity index (χ4v) is 2.81. The first-order valence-corrected chi connectivity index (χ1v) is 8.18. The zero-order valence-electron chi connectivity index (χ0n) is 15.4. The zero-order valence-corrected chi connectivity index (χ0v) is 15.4. The van der Waals surface area contributed by atoms with E-state index in [1.807, 2.05) is 32.0 Å². The molecule has 2 rings (SSSR count). The Morgan fingerprint density at radius 3 is 2.52 bits per heavy atom. The molecule has 2 aromatic rings. The van der Waals surface area contributed by atoms with Crippen molar-refractivity contribution in [3.8, 4) is 5.75 Å². The highest BCUT2D eigenvalue weighted by atomic mass is 16.5. The summed E-state index contributed by atoms with van der Waals surface area (Å²) in [5, 5.41) is 16.1. The highest BCUT2D eigenvalue weighted by Gasteiger charge is 2.28. The van der Waals surface area contributed by atoms with Gasteiger partial charge in [-0.15, -0.1) is 0 Å². The second-order valence-electron chi connectivity index (χ2n) is 6.44. The van der Waals surface area contributed by atoms with E-state index >= 15 is 0 Å². The normalized spacial score (nSPS) is 13.2. The molecule has 0 aliphatic rings. The van der Waals surface area contributed by atoms with Crippen molar-refractivity contribution >= 4 is 6.03 Å². The first-order valence-electron chi connectivity index (χ1n) is 8.18.